The largest absolute Gasteiger partial charge is 0.506 e. The monoisotopic (exact) mass is 422 g/mol. The predicted molar refractivity (Wildman–Crippen MR) is 102 cm³/mol. The van der Waals surface area contributed by atoms with Gasteiger partial charge in [-0.25, -0.2) is 4.68 Å². The van der Waals surface area contributed by atoms with E-state index in [-0.39, 0.29) is 35.3 Å². The van der Waals surface area contributed by atoms with E-state index >= 15 is 0 Å². The normalized spacial score (nSPS) is 10.5. The number of rotatable bonds is 6. The Morgan fingerprint density at radius 2 is 1.96 bits per heavy atom. The fraction of sp³-hybridized carbons (Fsp3) is 0.0588. The van der Waals surface area contributed by atoms with Crippen molar-refractivity contribution in [3.63, 3.8) is 0 Å². The van der Waals surface area contributed by atoms with Crippen molar-refractivity contribution in [3.05, 3.63) is 74.5 Å². The Kier molecular flexibility index (Phi) is 5.67. The Morgan fingerprint density at radius 1 is 1.25 bits per heavy atom. The molecule has 1 aromatic heterocycles. The predicted octanol–water partition coefficient (Wildman–Crippen LogP) is 4.09. The molecule has 3 aromatic rings. The third-order valence-corrected chi connectivity index (χ3v) is 4.17. The van der Waals surface area contributed by atoms with Gasteiger partial charge in [-0.1, -0.05) is 29.3 Å². The Labute approximate surface area is 168 Å². The maximum absolute atomic E-state index is 12.3. The number of ether oxygens (including phenoxy) is 1. The van der Waals surface area contributed by atoms with Crippen LogP contribution < -0.4 is 10.1 Å². The number of halogens is 2. The summed E-state index contributed by atoms with van der Waals surface area (Å²) in [7, 11) is 0. The molecule has 11 heteroatoms. The van der Waals surface area contributed by atoms with Crippen LogP contribution in [0.1, 0.15) is 10.5 Å². The number of nitrogens with one attached hydrogen (secondary N) is 1. The van der Waals surface area contributed by atoms with Crippen LogP contribution in [0.3, 0.4) is 0 Å². The first kappa shape index (κ1) is 19.5. The van der Waals surface area contributed by atoms with E-state index < -0.39 is 10.8 Å². The van der Waals surface area contributed by atoms with Crippen molar-refractivity contribution in [2.45, 2.75) is 6.73 Å². The number of carbonyl (C=O) groups is 1. The second-order valence-corrected chi connectivity index (χ2v) is 6.29. The van der Waals surface area contributed by atoms with Gasteiger partial charge in [0.25, 0.3) is 11.6 Å². The van der Waals surface area contributed by atoms with E-state index in [0.717, 1.165) is 18.2 Å². The number of hydrogen-bond acceptors (Lipinski definition) is 6. The van der Waals surface area contributed by atoms with Crippen molar-refractivity contribution in [1.29, 1.82) is 0 Å². The molecule has 3 rings (SSSR count). The molecule has 2 N–H and O–H groups in total. The quantitative estimate of drug-likeness (QED) is 0.350. The Hall–Kier alpha value is -3.30. The lowest BCUT2D eigenvalue weighted by atomic mass is 10.2. The third-order valence-electron chi connectivity index (χ3n) is 3.57. The molecule has 0 bridgehead atoms. The lowest BCUT2D eigenvalue weighted by molar-refractivity contribution is -0.384. The number of non-ortho nitro benzene ring substituents is 1. The summed E-state index contributed by atoms with van der Waals surface area (Å²) in [6.45, 7) is -0.0568. The standard InChI is InChI=1S/C17H12Cl2N4O5/c18-11-2-1-3-12(19)16(11)28-9-22-7-6-13(21-22)17(25)20-14-8-10(23(26)27)4-5-15(14)24/h1-8,24H,9H2,(H,20,25). The van der Waals surface area contributed by atoms with Gasteiger partial charge in [0.1, 0.15) is 5.75 Å². The van der Waals surface area contributed by atoms with E-state index in [2.05, 4.69) is 10.4 Å². The Bertz CT molecular complexity index is 1030. The Morgan fingerprint density at radius 3 is 2.64 bits per heavy atom. The molecule has 0 saturated heterocycles. The lowest BCUT2D eigenvalue weighted by Gasteiger charge is -2.09. The van der Waals surface area contributed by atoms with Gasteiger partial charge in [-0.2, -0.15) is 5.10 Å². The number of nitro groups is 1. The molecule has 9 nitrogen and oxygen atoms in total. The number of phenols is 1. The maximum Gasteiger partial charge on any atom is 0.276 e. The second-order valence-electron chi connectivity index (χ2n) is 5.48. The van der Waals surface area contributed by atoms with Gasteiger partial charge in [-0.05, 0) is 24.3 Å². The van der Waals surface area contributed by atoms with Gasteiger partial charge in [0.2, 0.25) is 0 Å². The van der Waals surface area contributed by atoms with E-state index in [0.29, 0.717) is 10.0 Å². The molecule has 0 fully saturated rings. The minimum atomic E-state index is -0.662. The summed E-state index contributed by atoms with van der Waals surface area (Å²) in [4.78, 5) is 22.5. The first-order valence-electron chi connectivity index (χ1n) is 7.74. The molecular formula is C17H12Cl2N4O5. The van der Waals surface area contributed by atoms with E-state index in [1.54, 1.807) is 18.2 Å². The van der Waals surface area contributed by atoms with Crippen molar-refractivity contribution in [1.82, 2.24) is 9.78 Å². The van der Waals surface area contributed by atoms with Crippen molar-refractivity contribution in [2.24, 2.45) is 0 Å². The van der Waals surface area contributed by atoms with Crippen LogP contribution in [-0.4, -0.2) is 25.7 Å². The minimum Gasteiger partial charge on any atom is -0.506 e. The van der Waals surface area contributed by atoms with Gasteiger partial charge < -0.3 is 15.2 Å². The number of carbonyl (C=O) groups excluding carboxylic acids is 1. The molecule has 0 spiro atoms. The number of anilines is 1. The van der Waals surface area contributed by atoms with Gasteiger partial charge in [-0.3, -0.25) is 14.9 Å². The van der Waals surface area contributed by atoms with Crippen LogP contribution in [0.25, 0.3) is 0 Å². The molecule has 0 saturated carbocycles. The highest BCUT2D eigenvalue weighted by Crippen LogP contribution is 2.32. The lowest BCUT2D eigenvalue weighted by Crippen LogP contribution is -2.14. The highest BCUT2D eigenvalue weighted by molar-refractivity contribution is 6.37. The van der Waals surface area contributed by atoms with Crippen LogP contribution >= 0.6 is 23.2 Å². The number of aromatic hydroxyl groups is 1. The summed E-state index contributed by atoms with van der Waals surface area (Å²) < 4.78 is 6.85. The molecule has 0 atom stereocenters. The number of para-hydroxylation sites is 1. The summed E-state index contributed by atoms with van der Waals surface area (Å²) in [6, 6.07) is 9.63. The highest BCUT2D eigenvalue weighted by Gasteiger charge is 2.16. The van der Waals surface area contributed by atoms with E-state index in [4.69, 9.17) is 27.9 Å². The van der Waals surface area contributed by atoms with Crippen LogP contribution in [0.4, 0.5) is 11.4 Å². The maximum atomic E-state index is 12.3. The number of benzene rings is 2. The zero-order valence-electron chi connectivity index (χ0n) is 14.0. The van der Waals surface area contributed by atoms with Gasteiger partial charge in [-0.15, -0.1) is 0 Å². The number of phenolic OH excluding ortho intramolecular Hbond substituents is 1. The molecule has 1 heterocycles. The van der Waals surface area contributed by atoms with E-state index in [1.807, 2.05) is 0 Å². The van der Waals surface area contributed by atoms with Gasteiger partial charge in [0.15, 0.2) is 18.2 Å². The van der Waals surface area contributed by atoms with Crippen LogP contribution in [0, 0.1) is 10.1 Å². The van der Waals surface area contributed by atoms with Crippen molar-refractivity contribution in [3.8, 4) is 11.5 Å². The number of nitrogens with zero attached hydrogens (tertiary/aromatic N) is 3. The molecule has 0 aliphatic heterocycles. The van der Waals surface area contributed by atoms with Gasteiger partial charge in [0.05, 0.1) is 20.7 Å². The number of amides is 1. The molecule has 0 aliphatic carbocycles. The summed E-state index contributed by atoms with van der Waals surface area (Å²) in [5.74, 6) is -0.686. The summed E-state index contributed by atoms with van der Waals surface area (Å²) in [5.41, 5.74) is -0.365. The average molecular weight is 423 g/mol. The molecule has 0 unspecified atom stereocenters. The fourth-order valence-electron chi connectivity index (χ4n) is 2.23. The first-order valence-corrected chi connectivity index (χ1v) is 8.50. The van der Waals surface area contributed by atoms with E-state index in [9.17, 15) is 20.0 Å². The zero-order valence-corrected chi connectivity index (χ0v) is 15.5. The highest BCUT2D eigenvalue weighted by atomic mass is 35.5. The molecular weight excluding hydrogens is 411 g/mol. The molecule has 2 aromatic carbocycles. The van der Waals surface area contributed by atoms with Crippen LogP contribution in [-0.2, 0) is 6.73 Å². The van der Waals surface area contributed by atoms with Gasteiger partial charge in [0, 0.05) is 18.3 Å². The average Bonchev–Trinajstić information content (AvgIpc) is 3.12. The topological polar surface area (TPSA) is 120 Å². The van der Waals surface area contributed by atoms with Crippen LogP contribution in [0.15, 0.2) is 48.7 Å². The Balaban J connectivity index is 1.69. The fourth-order valence-corrected chi connectivity index (χ4v) is 2.74. The second kappa shape index (κ2) is 8.15. The SMILES string of the molecule is O=C(Nc1cc([N+](=O)[O-])ccc1O)c1ccn(COc2c(Cl)cccc2Cl)n1. The van der Waals surface area contributed by atoms with Crippen molar-refractivity contribution < 1.29 is 19.6 Å². The molecule has 144 valence electrons. The third kappa shape index (κ3) is 4.33. The van der Waals surface area contributed by atoms with Crippen LogP contribution in [0.5, 0.6) is 11.5 Å². The zero-order chi connectivity index (χ0) is 20.3. The summed E-state index contributed by atoms with van der Waals surface area (Å²) in [6.07, 6.45) is 1.49. The van der Waals surface area contributed by atoms with Gasteiger partial charge >= 0.3 is 0 Å². The minimum absolute atomic E-state index is 0.0137. The summed E-state index contributed by atoms with van der Waals surface area (Å²) in [5, 5.41) is 27.7. The number of hydrogen-bond donors (Lipinski definition) is 2. The van der Waals surface area contributed by atoms with E-state index in [1.165, 1.54) is 16.9 Å². The number of aromatic nitrogens is 2. The van der Waals surface area contributed by atoms with Crippen molar-refractivity contribution in [2.75, 3.05) is 5.32 Å². The summed E-state index contributed by atoms with van der Waals surface area (Å²) >= 11 is 12.0. The molecule has 1 amide bonds. The van der Waals surface area contributed by atoms with Crippen LogP contribution in [0.2, 0.25) is 10.0 Å². The molecule has 28 heavy (non-hydrogen) atoms. The first-order chi connectivity index (χ1) is 13.3. The molecule has 0 radical (unpaired) electrons. The molecule has 0 aliphatic rings. The van der Waals surface area contributed by atoms with Crippen molar-refractivity contribution >= 4 is 40.5 Å². The smallest absolute Gasteiger partial charge is 0.276 e. The number of nitro benzene ring substituents is 1.